The summed E-state index contributed by atoms with van der Waals surface area (Å²) in [6.07, 6.45) is 2.50. The van der Waals surface area contributed by atoms with Gasteiger partial charge in [0, 0.05) is 5.25 Å². The van der Waals surface area contributed by atoms with Gasteiger partial charge in [-0.05, 0) is 25.0 Å². The van der Waals surface area contributed by atoms with E-state index in [9.17, 15) is 4.79 Å². The van der Waals surface area contributed by atoms with Crippen molar-refractivity contribution >= 4 is 17.7 Å². The SMILES string of the molecule is COC(=O)c1ccc(SC2CC2)o1. The molecule has 2 rings (SSSR count). The molecule has 1 heterocycles. The van der Waals surface area contributed by atoms with Crippen molar-refractivity contribution in [1.29, 1.82) is 0 Å². The van der Waals surface area contributed by atoms with Crippen molar-refractivity contribution in [3.63, 3.8) is 0 Å². The molecule has 0 N–H and O–H groups in total. The van der Waals surface area contributed by atoms with Gasteiger partial charge in [-0.3, -0.25) is 0 Å². The van der Waals surface area contributed by atoms with Gasteiger partial charge in [-0.1, -0.05) is 11.8 Å². The minimum atomic E-state index is -0.414. The van der Waals surface area contributed by atoms with Crippen LogP contribution in [0.2, 0.25) is 0 Å². The Hall–Kier alpha value is -0.900. The molecule has 1 aromatic heterocycles. The maximum Gasteiger partial charge on any atom is 0.373 e. The lowest BCUT2D eigenvalue weighted by atomic mass is 10.5. The first-order chi connectivity index (χ1) is 6.29. The number of ether oxygens (including phenoxy) is 1. The van der Waals surface area contributed by atoms with E-state index in [4.69, 9.17) is 4.42 Å². The molecule has 1 saturated carbocycles. The largest absolute Gasteiger partial charge is 0.463 e. The molecule has 1 fully saturated rings. The van der Waals surface area contributed by atoms with Gasteiger partial charge in [0.25, 0.3) is 0 Å². The van der Waals surface area contributed by atoms with Crippen molar-refractivity contribution in [3.8, 4) is 0 Å². The highest BCUT2D eigenvalue weighted by molar-refractivity contribution is 8.00. The molecule has 0 saturated heterocycles. The summed E-state index contributed by atoms with van der Waals surface area (Å²) in [6.45, 7) is 0. The van der Waals surface area contributed by atoms with E-state index in [1.807, 2.05) is 6.07 Å². The Morgan fingerprint density at radius 3 is 3.00 bits per heavy atom. The molecule has 0 radical (unpaired) electrons. The highest BCUT2D eigenvalue weighted by Gasteiger charge is 2.24. The van der Waals surface area contributed by atoms with Crippen LogP contribution in [0.1, 0.15) is 23.4 Å². The van der Waals surface area contributed by atoms with Gasteiger partial charge in [-0.2, -0.15) is 0 Å². The van der Waals surface area contributed by atoms with Gasteiger partial charge < -0.3 is 9.15 Å². The molecule has 0 unspecified atom stereocenters. The molecule has 4 heteroatoms. The second-order valence-electron chi connectivity index (χ2n) is 2.93. The van der Waals surface area contributed by atoms with E-state index in [2.05, 4.69) is 4.74 Å². The number of esters is 1. The minimum absolute atomic E-state index is 0.283. The predicted molar refractivity (Wildman–Crippen MR) is 48.9 cm³/mol. The van der Waals surface area contributed by atoms with E-state index in [1.54, 1.807) is 17.8 Å². The van der Waals surface area contributed by atoms with Gasteiger partial charge in [0.05, 0.1) is 7.11 Å². The Balaban J connectivity index is 2.03. The number of rotatable bonds is 3. The smallest absolute Gasteiger partial charge is 0.373 e. The summed E-state index contributed by atoms with van der Waals surface area (Å²) in [7, 11) is 1.35. The first-order valence-electron chi connectivity index (χ1n) is 4.14. The van der Waals surface area contributed by atoms with Gasteiger partial charge in [0.15, 0.2) is 5.09 Å². The van der Waals surface area contributed by atoms with E-state index < -0.39 is 5.97 Å². The van der Waals surface area contributed by atoms with Crippen LogP contribution in [0.15, 0.2) is 21.6 Å². The summed E-state index contributed by atoms with van der Waals surface area (Å²) in [4.78, 5) is 11.0. The Morgan fingerprint density at radius 1 is 1.62 bits per heavy atom. The lowest BCUT2D eigenvalue weighted by Crippen LogP contribution is -1.97. The summed E-state index contributed by atoms with van der Waals surface area (Å²) >= 11 is 1.68. The zero-order valence-corrected chi connectivity index (χ0v) is 8.10. The fourth-order valence-corrected chi connectivity index (χ4v) is 1.93. The van der Waals surface area contributed by atoms with Crippen LogP contribution in [0.5, 0.6) is 0 Å². The maximum atomic E-state index is 11.0. The molecular weight excluding hydrogens is 188 g/mol. The average molecular weight is 198 g/mol. The molecule has 0 bridgehead atoms. The van der Waals surface area contributed by atoms with Crippen LogP contribution in [0.3, 0.4) is 0 Å². The Kier molecular flexibility index (Phi) is 2.31. The van der Waals surface area contributed by atoms with Crippen LogP contribution in [-0.2, 0) is 4.74 Å². The zero-order chi connectivity index (χ0) is 9.26. The van der Waals surface area contributed by atoms with Gasteiger partial charge in [0.1, 0.15) is 0 Å². The first kappa shape index (κ1) is 8.69. The van der Waals surface area contributed by atoms with Crippen LogP contribution in [0.4, 0.5) is 0 Å². The van der Waals surface area contributed by atoms with Gasteiger partial charge in [-0.25, -0.2) is 4.79 Å². The predicted octanol–water partition coefficient (Wildman–Crippen LogP) is 2.32. The first-order valence-corrected chi connectivity index (χ1v) is 5.02. The molecular formula is C9H10O3S. The van der Waals surface area contributed by atoms with E-state index in [0.29, 0.717) is 5.25 Å². The Labute approximate surface area is 80.4 Å². The molecule has 1 aliphatic carbocycles. The number of carbonyl (C=O) groups excluding carboxylic acids is 1. The second kappa shape index (κ2) is 3.46. The fraction of sp³-hybridized carbons (Fsp3) is 0.444. The molecule has 3 nitrogen and oxygen atoms in total. The van der Waals surface area contributed by atoms with Crippen molar-refractivity contribution in [3.05, 3.63) is 17.9 Å². The highest BCUT2D eigenvalue weighted by atomic mass is 32.2. The number of hydrogen-bond acceptors (Lipinski definition) is 4. The van der Waals surface area contributed by atoms with Crippen molar-refractivity contribution in [2.45, 2.75) is 23.2 Å². The number of methoxy groups -OCH3 is 1. The third kappa shape index (κ3) is 2.06. The number of thioether (sulfide) groups is 1. The van der Waals surface area contributed by atoms with E-state index >= 15 is 0 Å². The number of furan rings is 1. The van der Waals surface area contributed by atoms with Crippen LogP contribution < -0.4 is 0 Å². The molecule has 0 aromatic carbocycles. The molecule has 0 spiro atoms. The monoisotopic (exact) mass is 198 g/mol. The van der Waals surface area contributed by atoms with Crippen molar-refractivity contribution in [2.75, 3.05) is 7.11 Å². The molecule has 1 aromatic rings. The topological polar surface area (TPSA) is 39.4 Å². The van der Waals surface area contributed by atoms with Crippen molar-refractivity contribution in [1.82, 2.24) is 0 Å². The average Bonchev–Trinajstić information content (AvgIpc) is 2.81. The summed E-state index contributed by atoms with van der Waals surface area (Å²) in [6, 6.07) is 3.46. The number of carbonyl (C=O) groups is 1. The lowest BCUT2D eigenvalue weighted by molar-refractivity contribution is 0.0559. The third-order valence-electron chi connectivity index (χ3n) is 1.78. The lowest BCUT2D eigenvalue weighted by Gasteiger charge is -1.93. The minimum Gasteiger partial charge on any atom is -0.463 e. The molecule has 0 aliphatic heterocycles. The van der Waals surface area contributed by atoms with Gasteiger partial charge >= 0.3 is 5.97 Å². The normalized spacial score (nSPS) is 15.8. The summed E-state index contributed by atoms with van der Waals surface area (Å²) in [5.74, 6) is -0.131. The fourth-order valence-electron chi connectivity index (χ4n) is 0.944. The highest BCUT2D eigenvalue weighted by Crippen LogP contribution is 2.39. The molecule has 70 valence electrons. The van der Waals surface area contributed by atoms with Crippen molar-refractivity contribution < 1.29 is 13.9 Å². The van der Waals surface area contributed by atoms with Crippen LogP contribution in [-0.4, -0.2) is 18.3 Å². The van der Waals surface area contributed by atoms with E-state index in [-0.39, 0.29) is 5.76 Å². The second-order valence-corrected chi connectivity index (χ2v) is 4.23. The van der Waals surface area contributed by atoms with Gasteiger partial charge in [0.2, 0.25) is 5.76 Å². The van der Waals surface area contributed by atoms with E-state index in [1.165, 1.54) is 20.0 Å². The zero-order valence-electron chi connectivity index (χ0n) is 7.28. The van der Waals surface area contributed by atoms with Crippen LogP contribution >= 0.6 is 11.8 Å². The molecule has 13 heavy (non-hydrogen) atoms. The molecule has 0 amide bonds. The standard InChI is InChI=1S/C9H10O3S/c1-11-9(10)7-4-5-8(12-7)13-6-2-3-6/h4-6H,2-3H2,1H3. The third-order valence-corrected chi connectivity index (χ3v) is 3.03. The van der Waals surface area contributed by atoms with Gasteiger partial charge in [-0.15, -0.1) is 0 Å². The number of hydrogen-bond donors (Lipinski definition) is 0. The summed E-state index contributed by atoms with van der Waals surface area (Å²) in [5, 5.41) is 1.50. The quantitative estimate of drug-likeness (QED) is 0.699. The Bertz CT molecular complexity index is 314. The summed E-state index contributed by atoms with van der Waals surface area (Å²) in [5.41, 5.74) is 0. The molecule has 0 atom stereocenters. The van der Waals surface area contributed by atoms with Crippen LogP contribution in [0.25, 0.3) is 0 Å². The summed E-state index contributed by atoms with van der Waals surface area (Å²) < 4.78 is 9.80. The van der Waals surface area contributed by atoms with Crippen LogP contribution in [0, 0.1) is 0 Å². The Morgan fingerprint density at radius 2 is 2.38 bits per heavy atom. The molecule has 1 aliphatic rings. The maximum absolute atomic E-state index is 11.0. The van der Waals surface area contributed by atoms with E-state index in [0.717, 1.165) is 5.09 Å². The van der Waals surface area contributed by atoms with Crippen molar-refractivity contribution in [2.24, 2.45) is 0 Å².